The van der Waals surface area contributed by atoms with Gasteiger partial charge in [-0.05, 0) is 64.5 Å². The average molecular weight is 296 g/mol. The first kappa shape index (κ1) is 16.8. The lowest BCUT2D eigenvalue weighted by Crippen LogP contribution is -2.63. The van der Waals surface area contributed by atoms with E-state index in [1.165, 1.54) is 26.4 Å². The molecule has 0 amide bonds. The number of carbonyl (C=O) groups excluding carboxylic acids is 1. The Bertz CT molecular complexity index is 347. The third kappa shape index (κ3) is 3.98. The lowest BCUT2D eigenvalue weighted by Gasteiger charge is -2.41. The molecule has 4 heteroatoms. The van der Waals surface area contributed by atoms with E-state index in [1.807, 2.05) is 0 Å². The van der Waals surface area contributed by atoms with Crippen molar-refractivity contribution in [2.45, 2.75) is 64.5 Å². The number of rotatable bonds is 7. The molecule has 21 heavy (non-hydrogen) atoms. The fraction of sp³-hybridized carbons (Fsp3) is 0.941. The minimum atomic E-state index is -0.498. The molecule has 2 fully saturated rings. The molecular weight excluding hydrogens is 264 g/mol. The van der Waals surface area contributed by atoms with Crippen molar-refractivity contribution < 1.29 is 9.53 Å². The molecule has 0 spiro atoms. The molecule has 1 aliphatic heterocycles. The maximum atomic E-state index is 12.5. The summed E-state index contributed by atoms with van der Waals surface area (Å²) in [5.41, 5.74) is -0.498. The number of ether oxygens (including phenoxy) is 1. The summed E-state index contributed by atoms with van der Waals surface area (Å²) in [6.45, 7) is 9.54. The molecule has 2 aliphatic rings. The Hall–Kier alpha value is -0.610. The molecule has 1 saturated heterocycles. The Morgan fingerprint density at radius 1 is 1.29 bits per heavy atom. The van der Waals surface area contributed by atoms with Crippen molar-refractivity contribution in [2.24, 2.45) is 11.8 Å². The molecule has 0 aromatic carbocycles. The molecule has 1 saturated carbocycles. The predicted molar refractivity (Wildman–Crippen MR) is 85.2 cm³/mol. The molecule has 0 radical (unpaired) electrons. The Kier molecular flexibility index (Phi) is 5.67. The first-order valence-electron chi connectivity index (χ1n) is 8.60. The van der Waals surface area contributed by atoms with Crippen LogP contribution in [0.5, 0.6) is 0 Å². The van der Waals surface area contributed by atoms with E-state index >= 15 is 0 Å². The van der Waals surface area contributed by atoms with E-state index in [9.17, 15) is 4.79 Å². The van der Waals surface area contributed by atoms with Gasteiger partial charge in [0.05, 0.1) is 7.11 Å². The van der Waals surface area contributed by atoms with Gasteiger partial charge in [-0.3, -0.25) is 5.32 Å². The summed E-state index contributed by atoms with van der Waals surface area (Å²) in [6, 6.07) is 0.290. The Labute approximate surface area is 129 Å². The lowest BCUT2D eigenvalue weighted by atomic mass is 9.88. The van der Waals surface area contributed by atoms with Crippen LogP contribution in [0.3, 0.4) is 0 Å². The average Bonchev–Trinajstić information content (AvgIpc) is 3.30. The number of nitrogens with zero attached hydrogens (tertiary/aromatic N) is 1. The first-order valence-corrected chi connectivity index (χ1v) is 8.60. The number of piperidine rings is 1. The quantitative estimate of drug-likeness (QED) is 0.733. The van der Waals surface area contributed by atoms with Crippen LogP contribution in [-0.4, -0.2) is 49.2 Å². The lowest BCUT2D eigenvalue weighted by molar-refractivity contribution is -0.151. The van der Waals surface area contributed by atoms with Crippen molar-refractivity contribution >= 4 is 5.97 Å². The van der Waals surface area contributed by atoms with Crippen molar-refractivity contribution in [3.05, 3.63) is 0 Å². The van der Waals surface area contributed by atoms with Crippen LogP contribution in [0, 0.1) is 11.8 Å². The smallest absolute Gasteiger partial charge is 0.327 e. The molecule has 1 aliphatic carbocycles. The number of nitrogens with one attached hydrogen (secondary N) is 1. The Morgan fingerprint density at radius 3 is 2.33 bits per heavy atom. The molecule has 1 N–H and O–H groups in total. The molecule has 1 unspecified atom stereocenters. The number of hydrogen-bond donors (Lipinski definition) is 1. The normalized spacial score (nSPS) is 24.0. The van der Waals surface area contributed by atoms with E-state index in [2.05, 4.69) is 31.0 Å². The molecule has 122 valence electrons. The fourth-order valence-corrected chi connectivity index (χ4v) is 3.76. The van der Waals surface area contributed by atoms with Gasteiger partial charge in [0.25, 0.3) is 0 Å². The van der Waals surface area contributed by atoms with Crippen molar-refractivity contribution in [2.75, 3.05) is 26.7 Å². The minimum Gasteiger partial charge on any atom is -0.468 e. The molecular formula is C17H32N2O2. The molecule has 1 atom stereocenters. The second-order valence-electron chi connectivity index (χ2n) is 7.16. The van der Waals surface area contributed by atoms with Gasteiger partial charge in [0.2, 0.25) is 0 Å². The molecule has 0 aromatic heterocycles. The zero-order valence-electron chi connectivity index (χ0n) is 14.2. The minimum absolute atomic E-state index is 0.0729. The highest BCUT2D eigenvalue weighted by Gasteiger charge is 2.53. The number of carbonyl (C=O) groups is 1. The van der Waals surface area contributed by atoms with Crippen molar-refractivity contribution in [3.8, 4) is 0 Å². The molecule has 1 heterocycles. The van der Waals surface area contributed by atoms with E-state index in [1.54, 1.807) is 0 Å². The summed E-state index contributed by atoms with van der Waals surface area (Å²) in [6.07, 6.45) is 6.09. The van der Waals surface area contributed by atoms with Gasteiger partial charge >= 0.3 is 5.97 Å². The third-order valence-electron chi connectivity index (χ3n) is 5.13. The van der Waals surface area contributed by atoms with Crippen LogP contribution in [0.25, 0.3) is 0 Å². The van der Waals surface area contributed by atoms with Gasteiger partial charge in [-0.25, -0.2) is 4.79 Å². The second kappa shape index (κ2) is 7.10. The van der Waals surface area contributed by atoms with Gasteiger partial charge < -0.3 is 9.64 Å². The van der Waals surface area contributed by atoms with Crippen molar-refractivity contribution in [3.63, 3.8) is 0 Å². The number of methoxy groups -OCH3 is 1. The Morgan fingerprint density at radius 2 is 1.90 bits per heavy atom. The van der Waals surface area contributed by atoms with Gasteiger partial charge in [-0.2, -0.15) is 0 Å². The van der Waals surface area contributed by atoms with Crippen LogP contribution < -0.4 is 5.32 Å². The molecule has 4 nitrogen and oxygen atoms in total. The largest absolute Gasteiger partial charge is 0.468 e. The first-order chi connectivity index (χ1) is 10.0. The Balaban J connectivity index is 2.06. The van der Waals surface area contributed by atoms with E-state index < -0.39 is 5.54 Å². The van der Waals surface area contributed by atoms with Crippen LogP contribution in [0.1, 0.15) is 52.9 Å². The van der Waals surface area contributed by atoms with Crippen LogP contribution in [0.4, 0.5) is 0 Å². The van der Waals surface area contributed by atoms with E-state index in [4.69, 9.17) is 4.74 Å². The van der Waals surface area contributed by atoms with Crippen LogP contribution in [0.15, 0.2) is 0 Å². The highest BCUT2D eigenvalue weighted by molar-refractivity contribution is 5.82. The summed E-state index contributed by atoms with van der Waals surface area (Å²) in [7, 11) is 1.52. The number of esters is 1. The SMILES string of the molecule is CCC1CCN(CC(NC(C)C)(C(=O)OC)C2CC2)CC1. The zero-order valence-corrected chi connectivity index (χ0v) is 14.2. The zero-order chi connectivity index (χ0) is 15.5. The number of likely N-dealkylation sites (tertiary alicyclic amines) is 1. The van der Waals surface area contributed by atoms with E-state index in [-0.39, 0.29) is 12.0 Å². The van der Waals surface area contributed by atoms with Gasteiger partial charge in [0, 0.05) is 12.6 Å². The van der Waals surface area contributed by atoms with Crippen molar-refractivity contribution in [1.82, 2.24) is 10.2 Å². The fourth-order valence-electron chi connectivity index (χ4n) is 3.76. The van der Waals surface area contributed by atoms with Crippen LogP contribution in [-0.2, 0) is 9.53 Å². The molecule has 0 aromatic rings. The molecule has 0 bridgehead atoms. The molecule has 2 rings (SSSR count). The van der Waals surface area contributed by atoms with Gasteiger partial charge in [-0.1, -0.05) is 13.3 Å². The predicted octanol–water partition coefficient (Wildman–Crippen LogP) is 2.43. The topological polar surface area (TPSA) is 41.6 Å². The van der Waals surface area contributed by atoms with Gasteiger partial charge in [0.15, 0.2) is 0 Å². The number of hydrogen-bond acceptors (Lipinski definition) is 4. The van der Waals surface area contributed by atoms with Crippen molar-refractivity contribution in [1.29, 1.82) is 0 Å². The van der Waals surface area contributed by atoms with Crippen LogP contribution >= 0.6 is 0 Å². The summed E-state index contributed by atoms with van der Waals surface area (Å²) in [4.78, 5) is 15.0. The maximum Gasteiger partial charge on any atom is 0.327 e. The highest BCUT2D eigenvalue weighted by atomic mass is 16.5. The standard InChI is InChI=1S/C17H32N2O2/c1-5-14-8-10-19(11-9-14)12-17(15-6-7-15,16(20)21-4)18-13(2)3/h13-15,18H,5-12H2,1-4H3. The van der Waals surface area contributed by atoms with Crippen LogP contribution in [0.2, 0.25) is 0 Å². The summed E-state index contributed by atoms with van der Waals surface area (Å²) in [5.74, 6) is 1.24. The highest BCUT2D eigenvalue weighted by Crippen LogP contribution is 2.41. The van der Waals surface area contributed by atoms with E-state index in [0.717, 1.165) is 38.4 Å². The van der Waals surface area contributed by atoms with Gasteiger partial charge in [-0.15, -0.1) is 0 Å². The summed E-state index contributed by atoms with van der Waals surface area (Å²) < 4.78 is 5.17. The second-order valence-corrected chi connectivity index (χ2v) is 7.16. The van der Waals surface area contributed by atoms with E-state index in [0.29, 0.717) is 5.92 Å². The summed E-state index contributed by atoms with van der Waals surface area (Å²) >= 11 is 0. The monoisotopic (exact) mass is 296 g/mol. The third-order valence-corrected chi connectivity index (χ3v) is 5.13. The van der Waals surface area contributed by atoms with Gasteiger partial charge in [0.1, 0.15) is 5.54 Å². The maximum absolute atomic E-state index is 12.5. The summed E-state index contributed by atoms with van der Waals surface area (Å²) in [5, 5.41) is 3.56.